The normalized spacial score (nSPS) is 12.1. The number of rotatable bonds is 5. The lowest BCUT2D eigenvalue weighted by atomic mass is 10.2. The molecule has 0 spiro atoms. The number of ether oxygens (including phenoxy) is 1. The van der Waals surface area contributed by atoms with E-state index in [9.17, 15) is 13.6 Å². The van der Waals surface area contributed by atoms with Crippen LogP contribution in [-0.4, -0.2) is 12.6 Å². The summed E-state index contributed by atoms with van der Waals surface area (Å²) in [4.78, 5) is 14.2. The van der Waals surface area contributed by atoms with Gasteiger partial charge in [-0.2, -0.15) is 8.78 Å². The van der Waals surface area contributed by atoms with Gasteiger partial charge in [-0.15, -0.1) is 11.3 Å². The van der Waals surface area contributed by atoms with Crippen LogP contribution in [0.25, 0.3) is 0 Å². The Morgan fingerprint density at radius 1 is 1.22 bits per heavy atom. The predicted octanol–water partition coefficient (Wildman–Crippen LogP) is 4.85. The molecular weight excluding hydrogens is 322 g/mol. The van der Waals surface area contributed by atoms with E-state index in [2.05, 4.69) is 15.4 Å². The number of benzene rings is 1. The van der Waals surface area contributed by atoms with Gasteiger partial charge in [0.1, 0.15) is 5.75 Å². The van der Waals surface area contributed by atoms with Crippen molar-refractivity contribution in [2.24, 2.45) is 0 Å². The lowest BCUT2D eigenvalue weighted by Gasteiger charge is -2.14. The number of hydrogen-bond acceptors (Lipinski definition) is 3. The Kier molecular flexibility index (Phi) is 5.54. The summed E-state index contributed by atoms with van der Waals surface area (Å²) in [5, 5.41) is 5.42. The zero-order chi connectivity index (χ0) is 17.0. The first kappa shape index (κ1) is 17.2. The van der Waals surface area contributed by atoms with Crippen LogP contribution in [0.2, 0.25) is 0 Å². The van der Waals surface area contributed by atoms with Gasteiger partial charge in [0.05, 0.1) is 6.04 Å². The number of alkyl halides is 2. The second-order valence-corrected chi connectivity index (χ2v) is 6.45. The van der Waals surface area contributed by atoms with Crippen LogP contribution in [0.15, 0.2) is 30.3 Å². The second kappa shape index (κ2) is 7.41. The zero-order valence-electron chi connectivity index (χ0n) is 13.0. The number of aryl methyl sites for hydroxylation is 2. The van der Waals surface area contributed by atoms with Gasteiger partial charge in [-0.1, -0.05) is 6.07 Å². The number of carbonyl (C=O) groups is 1. The lowest BCUT2D eigenvalue weighted by molar-refractivity contribution is -0.0502. The van der Waals surface area contributed by atoms with Gasteiger partial charge in [0.2, 0.25) is 0 Å². The fourth-order valence-electron chi connectivity index (χ4n) is 2.02. The summed E-state index contributed by atoms with van der Waals surface area (Å²) >= 11 is 1.61. The molecule has 124 valence electrons. The number of urea groups is 1. The van der Waals surface area contributed by atoms with Gasteiger partial charge in [-0.3, -0.25) is 0 Å². The molecule has 0 saturated carbocycles. The lowest BCUT2D eigenvalue weighted by Crippen LogP contribution is -2.30. The van der Waals surface area contributed by atoms with E-state index in [4.69, 9.17) is 0 Å². The third-order valence-corrected chi connectivity index (χ3v) is 4.38. The van der Waals surface area contributed by atoms with E-state index in [1.807, 2.05) is 26.0 Å². The molecule has 23 heavy (non-hydrogen) atoms. The van der Waals surface area contributed by atoms with Gasteiger partial charge in [0.15, 0.2) is 0 Å². The van der Waals surface area contributed by atoms with Gasteiger partial charge >= 0.3 is 12.6 Å². The first-order valence-electron chi connectivity index (χ1n) is 7.04. The summed E-state index contributed by atoms with van der Waals surface area (Å²) in [6.07, 6.45) is 0. The van der Waals surface area contributed by atoms with Crippen LogP contribution in [-0.2, 0) is 0 Å². The minimum atomic E-state index is -2.90. The molecular formula is C16H18F2N2O2S. The topological polar surface area (TPSA) is 50.4 Å². The van der Waals surface area contributed by atoms with Crippen molar-refractivity contribution in [2.45, 2.75) is 33.4 Å². The maximum Gasteiger partial charge on any atom is 0.387 e. The highest BCUT2D eigenvalue weighted by atomic mass is 32.1. The van der Waals surface area contributed by atoms with E-state index in [0.717, 1.165) is 4.88 Å². The number of carbonyl (C=O) groups excluding carboxylic acids is 1. The van der Waals surface area contributed by atoms with Crippen molar-refractivity contribution in [2.75, 3.05) is 5.32 Å². The molecule has 1 heterocycles. The Morgan fingerprint density at radius 3 is 2.57 bits per heavy atom. The molecule has 0 bridgehead atoms. The van der Waals surface area contributed by atoms with Gasteiger partial charge in [0, 0.05) is 21.5 Å². The van der Waals surface area contributed by atoms with Crippen molar-refractivity contribution in [3.63, 3.8) is 0 Å². The quantitative estimate of drug-likeness (QED) is 0.817. The summed E-state index contributed by atoms with van der Waals surface area (Å²) in [6, 6.07) is 8.02. The third kappa shape index (κ3) is 4.92. The highest BCUT2D eigenvalue weighted by molar-refractivity contribution is 7.12. The Morgan fingerprint density at radius 2 is 1.96 bits per heavy atom. The Balaban J connectivity index is 1.99. The van der Waals surface area contributed by atoms with Crippen LogP contribution >= 0.6 is 11.3 Å². The molecule has 0 fully saturated rings. The van der Waals surface area contributed by atoms with Gasteiger partial charge in [-0.05, 0) is 44.5 Å². The fourth-order valence-corrected chi connectivity index (χ4v) is 2.90. The highest BCUT2D eigenvalue weighted by Gasteiger charge is 2.13. The van der Waals surface area contributed by atoms with Crippen molar-refractivity contribution < 1.29 is 18.3 Å². The van der Waals surface area contributed by atoms with E-state index < -0.39 is 12.6 Å². The molecule has 0 aliphatic heterocycles. The van der Waals surface area contributed by atoms with E-state index in [1.54, 1.807) is 30.4 Å². The first-order valence-corrected chi connectivity index (χ1v) is 7.86. The Hall–Kier alpha value is -2.15. The molecule has 0 aliphatic rings. The zero-order valence-corrected chi connectivity index (χ0v) is 13.8. The van der Waals surface area contributed by atoms with Gasteiger partial charge < -0.3 is 15.4 Å². The third-order valence-electron chi connectivity index (χ3n) is 3.20. The minimum Gasteiger partial charge on any atom is -0.434 e. The number of hydrogen-bond donors (Lipinski definition) is 2. The first-order chi connectivity index (χ1) is 10.8. The van der Waals surface area contributed by atoms with Crippen molar-refractivity contribution in [1.82, 2.24) is 5.32 Å². The standard InChI is InChI=1S/C16H18F2N2O2S/c1-9-4-6-12(8-13(9)22-15(17)18)20-16(21)19-11(3)14-7-5-10(2)23-14/h4-8,11,15H,1-3H3,(H2,19,20,21). The van der Waals surface area contributed by atoms with Crippen molar-refractivity contribution in [3.8, 4) is 5.75 Å². The number of amides is 2. The molecule has 7 heteroatoms. The highest BCUT2D eigenvalue weighted by Crippen LogP contribution is 2.25. The van der Waals surface area contributed by atoms with E-state index in [-0.39, 0.29) is 11.8 Å². The van der Waals surface area contributed by atoms with Crippen molar-refractivity contribution >= 4 is 23.1 Å². The molecule has 1 aromatic carbocycles. The molecule has 1 aromatic heterocycles. The molecule has 2 rings (SSSR count). The minimum absolute atomic E-state index is 0.0414. The van der Waals surface area contributed by atoms with E-state index >= 15 is 0 Å². The Labute approximate surface area is 137 Å². The van der Waals surface area contributed by atoms with Gasteiger partial charge in [0.25, 0.3) is 0 Å². The number of anilines is 1. The van der Waals surface area contributed by atoms with Crippen LogP contribution in [0.1, 0.15) is 28.3 Å². The number of thiophene rings is 1. The largest absolute Gasteiger partial charge is 0.434 e. The molecule has 2 aromatic rings. The van der Waals surface area contributed by atoms with Crippen LogP contribution in [0, 0.1) is 13.8 Å². The van der Waals surface area contributed by atoms with Crippen LogP contribution in [0.5, 0.6) is 5.75 Å². The molecule has 2 N–H and O–H groups in total. The molecule has 4 nitrogen and oxygen atoms in total. The van der Waals surface area contributed by atoms with E-state index in [1.165, 1.54) is 10.9 Å². The Bertz CT molecular complexity index is 688. The maximum absolute atomic E-state index is 12.3. The average Bonchev–Trinajstić information content (AvgIpc) is 2.88. The van der Waals surface area contributed by atoms with Crippen LogP contribution < -0.4 is 15.4 Å². The smallest absolute Gasteiger partial charge is 0.387 e. The van der Waals surface area contributed by atoms with Crippen LogP contribution in [0.3, 0.4) is 0 Å². The van der Waals surface area contributed by atoms with Gasteiger partial charge in [-0.25, -0.2) is 4.79 Å². The SMILES string of the molecule is Cc1ccc(C(C)NC(=O)Nc2ccc(C)c(OC(F)F)c2)s1. The summed E-state index contributed by atoms with van der Waals surface area (Å²) in [6.45, 7) is 2.63. The number of nitrogens with one attached hydrogen (secondary N) is 2. The molecule has 2 amide bonds. The second-order valence-electron chi connectivity index (χ2n) is 5.13. The monoisotopic (exact) mass is 340 g/mol. The van der Waals surface area contributed by atoms with Crippen molar-refractivity contribution in [1.29, 1.82) is 0 Å². The summed E-state index contributed by atoms with van der Waals surface area (Å²) in [5.41, 5.74) is 0.956. The average molecular weight is 340 g/mol. The molecule has 1 unspecified atom stereocenters. The summed E-state index contributed by atoms with van der Waals surface area (Å²) < 4.78 is 29.1. The maximum atomic E-state index is 12.3. The van der Waals surface area contributed by atoms with E-state index in [0.29, 0.717) is 11.3 Å². The fraction of sp³-hybridized carbons (Fsp3) is 0.312. The number of halogens is 2. The molecule has 0 saturated heterocycles. The summed E-state index contributed by atoms with van der Waals surface area (Å²) in [5.74, 6) is 0.0414. The molecule has 1 atom stereocenters. The van der Waals surface area contributed by atoms with Crippen LogP contribution in [0.4, 0.5) is 19.3 Å². The predicted molar refractivity (Wildman–Crippen MR) is 87.4 cm³/mol. The molecule has 0 radical (unpaired) electrons. The summed E-state index contributed by atoms with van der Waals surface area (Å²) in [7, 11) is 0. The molecule has 0 aliphatic carbocycles. The van der Waals surface area contributed by atoms with Crippen molar-refractivity contribution in [3.05, 3.63) is 45.6 Å².